The first-order chi connectivity index (χ1) is 13.5. The van der Waals surface area contributed by atoms with E-state index in [2.05, 4.69) is 9.88 Å². The van der Waals surface area contributed by atoms with E-state index < -0.39 is 10.0 Å². The number of pyridine rings is 1. The maximum Gasteiger partial charge on any atom is 0.243 e. The van der Waals surface area contributed by atoms with Crippen molar-refractivity contribution in [2.75, 3.05) is 26.2 Å². The first-order valence-corrected chi connectivity index (χ1v) is 10.8. The third-order valence-electron chi connectivity index (χ3n) is 5.09. The summed E-state index contributed by atoms with van der Waals surface area (Å²) in [7, 11) is -3.60. The summed E-state index contributed by atoms with van der Waals surface area (Å²) in [4.78, 5) is 6.79. The third kappa shape index (κ3) is 3.92. The molecule has 0 amide bonds. The summed E-state index contributed by atoms with van der Waals surface area (Å²) in [6, 6.07) is 15.2. The number of rotatable bonds is 4. The second-order valence-corrected chi connectivity index (χ2v) is 8.89. The van der Waals surface area contributed by atoms with Crippen LogP contribution in [0.2, 0.25) is 0 Å². The van der Waals surface area contributed by atoms with Crippen molar-refractivity contribution in [3.8, 4) is 0 Å². The van der Waals surface area contributed by atoms with E-state index >= 15 is 0 Å². The molecule has 0 aliphatic carbocycles. The monoisotopic (exact) mass is 399 g/mol. The van der Waals surface area contributed by atoms with Crippen LogP contribution in [0.5, 0.6) is 0 Å². The molecule has 0 bridgehead atoms. The van der Waals surface area contributed by atoms with E-state index in [1.807, 2.05) is 6.07 Å². The van der Waals surface area contributed by atoms with Crippen LogP contribution in [0, 0.1) is 5.82 Å². The molecule has 1 aromatic heterocycles. The van der Waals surface area contributed by atoms with Gasteiger partial charge in [0.15, 0.2) is 0 Å². The Bertz CT molecular complexity index is 1070. The van der Waals surface area contributed by atoms with Crippen molar-refractivity contribution in [2.45, 2.75) is 17.9 Å². The van der Waals surface area contributed by atoms with Gasteiger partial charge in [0, 0.05) is 37.8 Å². The Morgan fingerprint density at radius 2 is 1.75 bits per heavy atom. The number of fused-ring (bicyclic) bond motifs is 1. The quantitative estimate of drug-likeness (QED) is 0.676. The number of halogens is 1. The average molecular weight is 399 g/mol. The molecule has 3 aromatic rings. The van der Waals surface area contributed by atoms with Gasteiger partial charge in [-0.1, -0.05) is 18.2 Å². The van der Waals surface area contributed by atoms with Crippen LogP contribution in [0.25, 0.3) is 10.9 Å². The van der Waals surface area contributed by atoms with E-state index in [-0.39, 0.29) is 5.82 Å². The predicted molar refractivity (Wildman–Crippen MR) is 107 cm³/mol. The lowest BCUT2D eigenvalue weighted by Crippen LogP contribution is -2.35. The second kappa shape index (κ2) is 7.95. The zero-order chi connectivity index (χ0) is 19.6. The lowest BCUT2D eigenvalue weighted by Gasteiger charge is -2.22. The van der Waals surface area contributed by atoms with Gasteiger partial charge >= 0.3 is 0 Å². The summed E-state index contributed by atoms with van der Waals surface area (Å²) in [6.07, 6.45) is 2.42. The highest BCUT2D eigenvalue weighted by molar-refractivity contribution is 7.89. The minimum absolute atomic E-state index is 0.249. The molecular formula is C21H22FN3O2S. The van der Waals surface area contributed by atoms with Crippen LogP contribution in [-0.4, -0.2) is 48.8 Å². The first kappa shape index (κ1) is 19.0. The zero-order valence-electron chi connectivity index (χ0n) is 15.5. The lowest BCUT2D eigenvalue weighted by atomic mass is 10.2. The maximum absolute atomic E-state index is 13.3. The minimum Gasteiger partial charge on any atom is -0.298 e. The SMILES string of the molecule is O=S(=O)(c1cccc2ncccc12)N1CCCN(Cc2ccc(F)cc2)CC1. The molecule has 0 saturated carbocycles. The molecule has 28 heavy (non-hydrogen) atoms. The predicted octanol–water partition coefficient (Wildman–Crippen LogP) is 3.27. The van der Waals surface area contributed by atoms with E-state index in [9.17, 15) is 12.8 Å². The van der Waals surface area contributed by atoms with Gasteiger partial charge in [-0.15, -0.1) is 0 Å². The van der Waals surface area contributed by atoms with Crippen molar-refractivity contribution in [3.63, 3.8) is 0 Å². The largest absolute Gasteiger partial charge is 0.298 e. The molecule has 0 spiro atoms. The minimum atomic E-state index is -3.60. The van der Waals surface area contributed by atoms with E-state index in [1.54, 1.807) is 46.9 Å². The van der Waals surface area contributed by atoms with Gasteiger partial charge < -0.3 is 0 Å². The topological polar surface area (TPSA) is 53.5 Å². The molecule has 2 aromatic carbocycles. The van der Waals surface area contributed by atoms with Gasteiger partial charge in [0.1, 0.15) is 5.82 Å². The van der Waals surface area contributed by atoms with Crippen molar-refractivity contribution >= 4 is 20.9 Å². The smallest absolute Gasteiger partial charge is 0.243 e. The molecule has 1 fully saturated rings. The third-order valence-corrected chi connectivity index (χ3v) is 7.05. The Kier molecular flexibility index (Phi) is 5.39. The molecule has 0 radical (unpaired) electrons. The van der Waals surface area contributed by atoms with Gasteiger partial charge in [-0.05, 0) is 54.9 Å². The maximum atomic E-state index is 13.3. The highest BCUT2D eigenvalue weighted by Gasteiger charge is 2.28. The summed E-state index contributed by atoms with van der Waals surface area (Å²) in [5.74, 6) is -0.249. The second-order valence-electron chi connectivity index (χ2n) is 6.99. The molecule has 7 heteroatoms. The summed E-state index contributed by atoms with van der Waals surface area (Å²) in [5, 5.41) is 0.650. The van der Waals surface area contributed by atoms with Crippen LogP contribution in [0.15, 0.2) is 65.7 Å². The Balaban J connectivity index is 1.52. The van der Waals surface area contributed by atoms with Gasteiger partial charge in [-0.3, -0.25) is 9.88 Å². The van der Waals surface area contributed by atoms with Crippen LogP contribution < -0.4 is 0 Å². The highest BCUT2D eigenvalue weighted by Crippen LogP contribution is 2.25. The van der Waals surface area contributed by atoms with Crippen molar-refractivity contribution in [1.82, 2.24) is 14.2 Å². The van der Waals surface area contributed by atoms with Gasteiger partial charge in [0.25, 0.3) is 0 Å². The molecule has 146 valence electrons. The van der Waals surface area contributed by atoms with E-state index in [0.717, 1.165) is 18.5 Å². The highest BCUT2D eigenvalue weighted by atomic mass is 32.2. The summed E-state index contributed by atoms with van der Waals surface area (Å²) in [5.41, 5.74) is 1.70. The Labute approximate surface area is 164 Å². The van der Waals surface area contributed by atoms with Crippen molar-refractivity contribution < 1.29 is 12.8 Å². The molecule has 5 nitrogen and oxygen atoms in total. The molecule has 2 heterocycles. The fraction of sp³-hybridized carbons (Fsp3) is 0.286. The van der Waals surface area contributed by atoms with E-state index in [1.165, 1.54) is 12.1 Å². The molecule has 1 aliphatic heterocycles. The van der Waals surface area contributed by atoms with Crippen molar-refractivity contribution in [3.05, 3.63) is 72.2 Å². The van der Waals surface area contributed by atoms with Crippen LogP contribution >= 0.6 is 0 Å². The molecule has 0 N–H and O–H groups in total. The number of hydrogen-bond acceptors (Lipinski definition) is 4. The van der Waals surface area contributed by atoms with E-state index in [4.69, 9.17) is 0 Å². The normalized spacial score (nSPS) is 16.9. The molecule has 1 aliphatic rings. The fourth-order valence-electron chi connectivity index (χ4n) is 3.63. The Hall–Kier alpha value is -2.35. The van der Waals surface area contributed by atoms with Crippen LogP contribution in [0.4, 0.5) is 4.39 Å². The van der Waals surface area contributed by atoms with Gasteiger partial charge in [-0.25, -0.2) is 12.8 Å². The van der Waals surface area contributed by atoms with Gasteiger partial charge in [0.05, 0.1) is 10.4 Å². The van der Waals surface area contributed by atoms with Crippen molar-refractivity contribution in [2.24, 2.45) is 0 Å². The average Bonchev–Trinajstić information content (AvgIpc) is 2.95. The van der Waals surface area contributed by atoms with E-state index in [0.29, 0.717) is 42.0 Å². The Morgan fingerprint density at radius 3 is 2.57 bits per heavy atom. The lowest BCUT2D eigenvalue weighted by molar-refractivity contribution is 0.278. The van der Waals surface area contributed by atoms with Gasteiger partial charge in [-0.2, -0.15) is 4.31 Å². The number of aromatic nitrogens is 1. The number of benzene rings is 2. The molecular weight excluding hydrogens is 377 g/mol. The summed E-state index contributed by atoms with van der Waals surface area (Å²) >= 11 is 0. The van der Waals surface area contributed by atoms with Crippen LogP contribution in [0.1, 0.15) is 12.0 Å². The molecule has 4 rings (SSSR count). The van der Waals surface area contributed by atoms with Crippen LogP contribution in [0.3, 0.4) is 0 Å². The van der Waals surface area contributed by atoms with Crippen LogP contribution in [-0.2, 0) is 16.6 Å². The van der Waals surface area contributed by atoms with Gasteiger partial charge in [0.2, 0.25) is 10.0 Å². The number of sulfonamides is 1. The summed E-state index contributed by atoms with van der Waals surface area (Å²) < 4.78 is 41.3. The first-order valence-electron chi connectivity index (χ1n) is 9.35. The number of nitrogens with zero attached hydrogens (tertiary/aromatic N) is 3. The Morgan fingerprint density at radius 1 is 0.929 bits per heavy atom. The molecule has 0 unspecified atom stereocenters. The standard InChI is InChI=1S/C21H22FN3O2S/c22-18-9-7-17(8-10-18)16-24-12-3-13-25(15-14-24)28(26,27)21-6-1-5-20-19(21)4-2-11-23-20/h1-2,4-11H,3,12-16H2. The summed E-state index contributed by atoms with van der Waals surface area (Å²) in [6.45, 7) is 3.05. The van der Waals surface area contributed by atoms with Crippen molar-refractivity contribution in [1.29, 1.82) is 0 Å². The number of hydrogen-bond donors (Lipinski definition) is 0. The zero-order valence-corrected chi connectivity index (χ0v) is 16.3. The fourth-order valence-corrected chi connectivity index (χ4v) is 5.30. The molecule has 1 saturated heterocycles. The molecule has 0 atom stereocenters.